The number of nitrogens with one attached hydrogen (secondary N) is 2. The normalized spacial score (nSPS) is 11.8. The highest BCUT2D eigenvalue weighted by Gasteiger charge is 2.16. The Hall–Kier alpha value is -1.15. The van der Waals surface area contributed by atoms with Gasteiger partial charge in [-0.25, -0.2) is 13.1 Å². The molecule has 2 aromatic heterocycles. The molecular formula is C11H14N2O3S2. The Labute approximate surface area is 110 Å². The Morgan fingerprint density at radius 1 is 1.28 bits per heavy atom. The molecule has 0 saturated heterocycles. The van der Waals surface area contributed by atoms with Gasteiger partial charge in [-0.1, -0.05) is 0 Å². The SMILES string of the molecule is CNCc1ccc(S(=O)(=O)NCc2ccoc2)s1. The maximum atomic E-state index is 12.0. The van der Waals surface area contributed by atoms with E-state index < -0.39 is 10.0 Å². The van der Waals surface area contributed by atoms with Crippen molar-refractivity contribution in [1.29, 1.82) is 0 Å². The van der Waals surface area contributed by atoms with Gasteiger partial charge in [0.25, 0.3) is 0 Å². The van der Waals surface area contributed by atoms with E-state index in [2.05, 4.69) is 10.0 Å². The first kappa shape index (κ1) is 13.3. The van der Waals surface area contributed by atoms with E-state index in [1.165, 1.54) is 23.9 Å². The van der Waals surface area contributed by atoms with Gasteiger partial charge >= 0.3 is 0 Å². The molecule has 2 rings (SSSR count). The van der Waals surface area contributed by atoms with Crippen LogP contribution in [0.15, 0.2) is 39.4 Å². The minimum Gasteiger partial charge on any atom is -0.472 e. The van der Waals surface area contributed by atoms with E-state index >= 15 is 0 Å². The number of hydrogen-bond donors (Lipinski definition) is 2. The number of thiophene rings is 1. The van der Waals surface area contributed by atoms with Gasteiger partial charge in [-0.05, 0) is 25.2 Å². The zero-order valence-corrected chi connectivity index (χ0v) is 11.5. The second kappa shape index (κ2) is 5.66. The van der Waals surface area contributed by atoms with Gasteiger partial charge < -0.3 is 9.73 Å². The summed E-state index contributed by atoms with van der Waals surface area (Å²) in [6.45, 7) is 0.903. The van der Waals surface area contributed by atoms with Gasteiger partial charge in [0.1, 0.15) is 4.21 Å². The topological polar surface area (TPSA) is 71.3 Å². The van der Waals surface area contributed by atoms with Crippen LogP contribution >= 0.6 is 11.3 Å². The Morgan fingerprint density at radius 3 is 2.78 bits per heavy atom. The van der Waals surface area contributed by atoms with Crippen LogP contribution in [0.2, 0.25) is 0 Å². The third-order valence-corrected chi connectivity index (χ3v) is 5.28. The Kier molecular flexibility index (Phi) is 4.18. The van der Waals surface area contributed by atoms with Crippen molar-refractivity contribution < 1.29 is 12.8 Å². The molecule has 18 heavy (non-hydrogen) atoms. The Balaban J connectivity index is 2.05. The van der Waals surface area contributed by atoms with Crippen molar-refractivity contribution in [2.45, 2.75) is 17.3 Å². The largest absolute Gasteiger partial charge is 0.472 e. The molecule has 5 nitrogen and oxygen atoms in total. The fourth-order valence-corrected chi connectivity index (χ4v) is 3.84. The second-order valence-electron chi connectivity index (χ2n) is 3.71. The van der Waals surface area contributed by atoms with Gasteiger partial charge in [0.2, 0.25) is 10.0 Å². The van der Waals surface area contributed by atoms with Crippen LogP contribution in [0, 0.1) is 0 Å². The molecule has 0 radical (unpaired) electrons. The molecule has 0 amide bonds. The summed E-state index contributed by atoms with van der Waals surface area (Å²) in [6.07, 6.45) is 3.03. The molecule has 0 unspecified atom stereocenters. The van der Waals surface area contributed by atoms with Crippen molar-refractivity contribution >= 4 is 21.4 Å². The Bertz CT molecular complexity index is 588. The minimum absolute atomic E-state index is 0.234. The van der Waals surface area contributed by atoms with Crippen LogP contribution in [0.4, 0.5) is 0 Å². The van der Waals surface area contributed by atoms with Crippen LogP contribution in [0.5, 0.6) is 0 Å². The summed E-state index contributed by atoms with van der Waals surface area (Å²) in [5, 5.41) is 2.99. The predicted octanol–water partition coefficient (Wildman–Crippen LogP) is 1.54. The lowest BCUT2D eigenvalue weighted by molar-refractivity contribution is 0.561. The van der Waals surface area contributed by atoms with Crippen molar-refractivity contribution in [2.75, 3.05) is 7.05 Å². The molecule has 0 aromatic carbocycles. The van der Waals surface area contributed by atoms with E-state index in [4.69, 9.17) is 4.42 Å². The number of rotatable bonds is 6. The van der Waals surface area contributed by atoms with Gasteiger partial charge in [-0.3, -0.25) is 0 Å². The lowest BCUT2D eigenvalue weighted by Crippen LogP contribution is -2.22. The van der Waals surface area contributed by atoms with Gasteiger partial charge in [-0.15, -0.1) is 11.3 Å². The first-order chi connectivity index (χ1) is 8.62. The smallest absolute Gasteiger partial charge is 0.250 e. The molecule has 98 valence electrons. The average Bonchev–Trinajstić information content (AvgIpc) is 2.98. The molecule has 7 heteroatoms. The van der Waals surface area contributed by atoms with Crippen molar-refractivity contribution in [3.05, 3.63) is 41.2 Å². The molecule has 0 aliphatic heterocycles. The summed E-state index contributed by atoms with van der Waals surface area (Å²) in [7, 11) is -1.61. The molecule has 0 saturated carbocycles. The Morgan fingerprint density at radius 2 is 2.11 bits per heavy atom. The van der Waals surface area contributed by atoms with Crippen molar-refractivity contribution in [3.8, 4) is 0 Å². The zero-order chi connectivity index (χ0) is 13.0. The van der Waals surface area contributed by atoms with Gasteiger partial charge in [-0.2, -0.15) is 0 Å². The standard InChI is InChI=1S/C11H14N2O3S2/c1-12-7-10-2-3-11(17-10)18(14,15)13-6-9-4-5-16-8-9/h2-5,8,12-13H,6-7H2,1H3. The van der Waals surface area contributed by atoms with E-state index in [0.29, 0.717) is 10.8 Å². The summed E-state index contributed by atoms with van der Waals surface area (Å²) in [4.78, 5) is 0.987. The van der Waals surface area contributed by atoms with Crippen LogP contribution in [0.1, 0.15) is 10.4 Å². The molecule has 0 atom stereocenters. The summed E-state index contributed by atoms with van der Waals surface area (Å²) < 4.78 is 31.7. The average molecular weight is 286 g/mol. The lowest BCUT2D eigenvalue weighted by atomic mass is 10.4. The van der Waals surface area contributed by atoms with Crippen molar-refractivity contribution in [1.82, 2.24) is 10.0 Å². The van der Waals surface area contributed by atoms with Crippen LogP contribution in [0.25, 0.3) is 0 Å². The summed E-state index contributed by atoms with van der Waals surface area (Å²) in [5.41, 5.74) is 0.797. The third kappa shape index (κ3) is 3.20. The highest BCUT2D eigenvalue weighted by atomic mass is 32.2. The van der Waals surface area contributed by atoms with Crippen LogP contribution < -0.4 is 10.0 Å². The number of sulfonamides is 1. The molecule has 2 heterocycles. The third-order valence-electron chi connectivity index (χ3n) is 2.30. The number of hydrogen-bond acceptors (Lipinski definition) is 5. The molecule has 0 aliphatic rings. The minimum atomic E-state index is -3.43. The fourth-order valence-electron chi connectivity index (χ4n) is 1.41. The van der Waals surface area contributed by atoms with E-state index in [1.54, 1.807) is 12.1 Å². The predicted molar refractivity (Wildman–Crippen MR) is 69.8 cm³/mol. The first-order valence-electron chi connectivity index (χ1n) is 5.36. The second-order valence-corrected chi connectivity index (χ2v) is 6.87. The summed E-state index contributed by atoms with van der Waals surface area (Å²) >= 11 is 1.27. The van der Waals surface area contributed by atoms with E-state index in [-0.39, 0.29) is 6.54 Å². The molecular weight excluding hydrogens is 272 g/mol. The van der Waals surface area contributed by atoms with Gasteiger partial charge in [0, 0.05) is 23.5 Å². The molecule has 0 aliphatic carbocycles. The first-order valence-corrected chi connectivity index (χ1v) is 7.66. The van der Waals surface area contributed by atoms with E-state index in [1.807, 2.05) is 13.1 Å². The van der Waals surface area contributed by atoms with E-state index in [9.17, 15) is 8.42 Å². The molecule has 2 N–H and O–H groups in total. The zero-order valence-electron chi connectivity index (χ0n) is 9.84. The fraction of sp³-hybridized carbons (Fsp3) is 0.273. The van der Waals surface area contributed by atoms with Crippen LogP contribution in [-0.4, -0.2) is 15.5 Å². The van der Waals surface area contributed by atoms with Crippen molar-refractivity contribution in [2.24, 2.45) is 0 Å². The molecule has 0 bridgehead atoms. The molecule has 0 fully saturated rings. The van der Waals surface area contributed by atoms with Crippen LogP contribution in [-0.2, 0) is 23.1 Å². The molecule has 0 spiro atoms. The van der Waals surface area contributed by atoms with Crippen LogP contribution in [0.3, 0.4) is 0 Å². The van der Waals surface area contributed by atoms with Gasteiger partial charge in [0.05, 0.1) is 12.5 Å². The quantitative estimate of drug-likeness (QED) is 0.845. The summed E-state index contributed by atoms with van der Waals surface area (Å²) in [5.74, 6) is 0. The lowest BCUT2D eigenvalue weighted by Gasteiger charge is -2.02. The maximum absolute atomic E-state index is 12.0. The van der Waals surface area contributed by atoms with Crippen molar-refractivity contribution in [3.63, 3.8) is 0 Å². The van der Waals surface area contributed by atoms with Gasteiger partial charge in [0.15, 0.2) is 0 Å². The highest BCUT2D eigenvalue weighted by Crippen LogP contribution is 2.21. The molecule has 2 aromatic rings. The van der Waals surface area contributed by atoms with E-state index in [0.717, 1.165) is 10.4 Å². The maximum Gasteiger partial charge on any atom is 0.250 e. The summed E-state index contributed by atoms with van der Waals surface area (Å²) in [6, 6.07) is 5.16. The highest BCUT2D eigenvalue weighted by molar-refractivity contribution is 7.91. The number of furan rings is 1. The monoisotopic (exact) mass is 286 g/mol.